The topological polar surface area (TPSA) is 209 Å². The van der Waals surface area contributed by atoms with Crippen LogP contribution in [0.15, 0.2) is 96.4 Å². The lowest BCUT2D eigenvalue weighted by atomic mass is 10.1. The van der Waals surface area contributed by atoms with Crippen molar-refractivity contribution in [3.8, 4) is 5.75 Å². The molecule has 17 nitrogen and oxygen atoms in total. The Labute approximate surface area is 419 Å². The molecule has 0 radical (unpaired) electrons. The van der Waals surface area contributed by atoms with Crippen LogP contribution >= 0.6 is 21.6 Å². The molecule has 20 heteroatoms. The summed E-state index contributed by atoms with van der Waals surface area (Å²) in [4.78, 5) is 99.8. The molecule has 0 bridgehead atoms. The molecule has 3 heterocycles. The molecule has 6 amide bonds. The van der Waals surface area contributed by atoms with Crippen molar-refractivity contribution in [2.45, 2.75) is 82.9 Å². The lowest BCUT2D eigenvalue weighted by Crippen LogP contribution is -2.48. The third-order valence-electron chi connectivity index (χ3n) is 12.0. The van der Waals surface area contributed by atoms with Gasteiger partial charge in [-0.15, -0.1) is 5.06 Å². The third-order valence-corrected chi connectivity index (χ3v) is 15.3. The van der Waals surface area contributed by atoms with Crippen molar-refractivity contribution in [2.75, 3.05) is 48.8 Å². The molecule has 374 valence electrons. The van der Waals surface area contributed by atoms with Gasteiger partial charge in [0.05, 0.1) is 18.7 Å². The molecule has 2 aliphatic heterocycles. The normalized spacial score (nSPS) is 16.9. The fourth-order valence-electron chi connectivity index (χ4n) is 7.93. The van der Waals surface area contributed by atoms with Crippen molar-refractivity contribution in [3.05, 3.63) is 119 Å². The molecule has 1 aromatic heterocycles. The van der Waals surface area contributed by atoms with Crippen molar-refractivity contribution in [1.82, 2.24) is 25.7 Å². The summed E-state index contributed by atoms with van der Waals surface area (Å²) in [7, 11) is 3.11. The number of carbonyl (C=O) groups is 7. The molecular formula is C51H57FN8O9S2. The van der Waals surface area contributed by atoms with Gasteiger partial charge in [0.1, 0.15) is 11.6 Å². The Morgan fingerprint density at radius 3 is 2.31 bits per heavy atom. The van der Waals surface area contributed by atoms with Gasteiger partial charge in [-0.05, 0) is 117 Å². The molecular weight excluding hydrogens is 952 g/mol. The Morgan fingerprint density at radius 1 is 0.901 bits per heavy atom. The number of rotatable bonds is 22. The minimum absolute atomic E-state index is 0.0202. The number of halogens is 1. The molecule has 7 rings (SSSR count). The Hall–Kier alpha value is -6.80. The number of pyridine rings is 1. The lowest BCUT2D eigenvalue weighted by Gasteiger charge is -2.36. The number of carbonyl (C=O) groups excluding carboxylic acids is 7. The Kier molecular flexibility index (Phi) is 17.8. The summed E-state index contributed by atoms with van der Waals surface area (Å²) in [5.41, 5.74) is 7.05. The molecule has 3 aromatic carbocycles. The number of imide groups is 1. The molecule has 1 saturated carbocycles. The Morgan fingerprint density at radius 2 is 1.62 bits per heavy atom. The number of hydrogen-bond donors (Lipinski definition) is 3. The van der Waals surface area contributed by atoms with Crippen LogP contribution in [-0.4, -0.2) is 105 Å². The number of nitrogens with zero attached hydrogens (tertiary/aromatic N) is 5. The average molecular weight is 1010 g/mol. The van der Waals surface area contributed by atoms with E-state index in [1.54, 1.807) is 89.4 Å². The first-order chi connectivity index (χ1) is 34.1. The highest BCUT2D eigenvalue weighted by Crippen LogP contribution is 2.47. The number of hydrogen-bond acceptors (Lipinski definition) is 14. The molecule has 71 heavy (non-hydrogen) atoms. The molecule has 1 aliphatic carbocycles. The van der Waals surface area contributed by atoms with Crippen molar-refractivity contribution in [3.63, 3.8) is 0 Å². The van der Waals surface area contributed by atoms with E-state index in [1.165, 1.54) is 6.07 Å². The van der Waals surface area contributed by atoms with Crippen LogP contribution in [0.4, 0.5) is 15.8 Å². The first-order valence-electron chi connectivity index (χ1n) is 23.5. The van der Waals surface area contributed by atoms with Crippen LogP contribution in [0.3, 0.4) is 0 Å². The highest BCUT2D eigenvalue weighted by molar-refractivity contribution is 8.77. The van der Waals surface area contributed by atoms with Gasteiger partial charge in [-0.25, -0.2) is 14.6 Å². The number of ether oxygens (including phenoxy) is 1. The van der Waals surface area contributed by atoms with Crippen molar-refractivity contribution >= 4 is 80.1 Å². The molecule has 0 spiro atoms. The second kappa shape index (κ2) is 24.4. The molecule has 2 saturated heterocycles. The van der Waals surface area contributed by atoms with Crippen molar-refractivity contribution < 1.29 is 47.5 Å². The van der Waals surface area contributed by atoms with E-state index in [1.807, 2.05) is 43.0 Å². The van der Waals surface area contributed by atoms with Gasteiger partial charge in [-0.3, -0.25) is 33.8 Å². The Balaban J connectivity index is 0.736. The third kappa shape index (κ3) is 15.1. The molecule has 3 N–H and O–H groups in total. The van der Waals surface area contributed by atoms with Crippen LogP contribution < -0.4 is 25.7 Å². The molecule has 4 aromatic rings. The van der Waals surface area contributed by atoms with E-state index in [-0.39, 0.29) is 74.3 Å². The number of piperazine rings is 1. The van der Waals surface area contributed by atoms with Gasteiger partial charge in [-0.1, -0.05) is 33.7 Å². The maximum Gasteiger partial charge on any atom is 0.333 e. The Bertz CT molecular complexity index is 2600. The summed E-state index contributed by atoms with van der Waals surface area (Å²) >= 11 is 0. The lowest BCUT2D eigenvalue weighted by molar-refractivity contribution is -0.197. The number of benzene rings is 3. The first kappa shape index (κ1) is 52.0. The quantitative estimate of drug-likeness (QED) is 0.0244. The summed E-state index contributed by atoms with van der Waals surface area (Å²) < 4.78 is 20.3. The maximum absolute atomic E-state index is 15.0. The fraction of sp³-hybridized carbons (Fsp3) is 0.392. The largest absolute Gasteiger partial charge is 0.494 e. The van der Waals surface area contributed by atoms with Gasteiger partial charge in [0.15, 0.2) is 0 Å². The zero-order valence-corrected chi connectivity index (χ0v) is 41.5. The minimum Gasteiger partial charge on any atom is -0.494 e. The van der Waals surface area contributed by atoms with Crippen molar-refractivity contribution in [2.24, 2.45) is 11.0 Å². The average Bonchev–Trinajstić information content (AvgIpc) is 4.12. The number of aromatic nitrogens is 1. The van der Waals surface area contributed by atoms with E-state index in [2.05, 4.69) is 31.0 Å². The number of hydroxylamine groups is 2. The first-order valence-corrected chi connectivity index (χ1v) is 25.8. The molecule has 0 unspecified atom stereocenters. The molecule has 3 aliphatic rings. The van der Waals surface area contributed by atoms with Gasteiger partial charge < -0.3 is 30.0 Å². The number of anilines is 2. The number of amides is 6. The van der Waals surface area contributed by atoms with Crippen LogP contribution in [0.2, 0.25) is 0 Å². The standard InChI is InChI=1S/C51H57FN8O9S2/c1-33(34-11-16-40(17-12-34)68-26-5-7-48(65)69-60-46(63)18-19-47(60)64)56-57-44(61)30-51(2,3)71-70-27-20-45(62)59-24-22-58(23-25-59)39-14-9-35(10-15-39)49(66)54-32-37-8-13-38(28-43(37)52)55-50(67)42-29-41(42)36-6-4-21-53-31-36/h4,6,8-17,21,28,31,41-42H,5,7,18-20,22-27,29-30,32H2,1-3H3,(H,54,66)(H,55,67)(H,57,61)/b56-33+/t41-,42+/m1/s1. The van der Waals surface area contributed by atoms with Crippen LogP contribution in [0.25, 0.3) is 0 Å². The monoisotopic (exact) mass is 1010 g/mol. The highest BCUT2D eigenvalue weighted by atomic mass is 33.1. The predicted octanol–water partition coefficient (Wildman–Crippen LogP) is 6.79. The molecule has 3 fully saturated rings. The van der Waals surface area contributed by atoms with E-state index >= 15 is 0 Å². The van der Waals surface area contributed by atoms with Crippen LogP contribution in [0.5, 0.6) is 5.75 Å². The van der Waals surface area contributed by atoms with Gasteiger partial charge in [-0.2, -0.15) is 5.10 Å². The van der Waals surface area contributed by atoms with E-state index in [4.69, 9.17) is 9.57 Å². The SMILES string of the molecule is C/C(=N\NC(=O)CC(C)(C)SSCCC(=O)N1CCN(c2ccc(C(=O)NCc3ccc(NC(=O)[C@H]4C[C@@H]4c4cccnc4)cc3F)cc2)CC1)c1ccc(OCCCC(=O)ON2C(=O)CCC2=O)cc1. The zero-order chi connectivity index (χ0) is 50.5. The van der Waals surface area contributed by atoms with Crippen molar-refractivity contribution in [1.29, 1.82) is 0 Å². The summed E-state index contributed by atoms with van der Waals surface area (Å²) in [5, 5.41) is 10.4. The smallest absolute Gasteiger partial charge is 0.333 e. The fourth-order valence-corrected chi connectivity index (χ4v) is 10.4. The predicted molar refractivity (Wildman–Crippen MR) is 269 cm³/mol. The van der Waals surface area contributed by atoms with E-state index in [0.29, 0.717) is 78.1 Å². The van der Waals surface area contributed by atoms with E-state index < -0.39 is 28.3 Å². The highest BCUT2D eigenvalue weighted by Gasteiger charge is 2.44. The summed E-state index contributed by atoms with van der Waals surface area (Å²) in [6.45, 7) is 8.34. The molecule has 2 atom stereocenters. The number of nitrogens with one attached hydrogen (secondary N) is 3. The van der Waals surface area contributed by atoms with Gasteiger partial charge in [0.2, 0.25) is 17.7 Å². The van der Waals surface area contributed by atoms with E-state index in [9.17, 15) is 38.0 Å². The number of hydrazone groups is 1. The summed E-state index contributed by atoms with van der Waals surface area (Å²) in [6.07, 6.45) is 5.14. The van der Waals surface area contributed by atoms with Crippen LogP contribution in [-0.2, 0) is 40.1 Å². The summed E-state index contributed by atoms with van der Waals surface area (Å²) in [6, 6.07) is 22.5. The van der Waals surface area contributed by atoms with E-state index in [0.717, 1.165) is 23.2 Å². The van der Waals surface area contributed by atoms with Crippen LogP contribution in [0, 0.1) is 11.7 Å². The van der Waals surface area contributed by atoms with Crippen LogP contribution in [0.1, 0.15) is 98.7 Å². The van der Waals surface area contributed by atoms with Gasteiger partial charge in [0.25, 0.3) is 17.7 Å². The minimum atomic E-state index is -0.681. The zero-order valence-electron chi connectivity index (χ0n) is 39.8. The van der Waals surface area contributed by atoms with Gasteiger partial charge >= 0.3 is 5.97 Å². The van der Waals surface area contributed by atoms with Gasteiger partial charge in [0, 0.05) is 110 Å². The second-order valence-electron chi connectivity index (χ2n) is 18.0. The second-order valence-corrected chi connectivity index (χ2v) is 21.1. The maximum atomic E-state index is 15.0. The summed E-state index contributed by atoms with van der Waals surface area (Å²) in [5.74, 6) is -1.83.